The molecule has 0 radical (unpaired) electrons. The molecule has 16 nitrogen and oxygen atoms in total. The fraction of sp³-hybridized carbons (Fsp3) is 0.966. The van der Waals surface area contributed by atoms with Crippen LogP contribution < -0.4 is 0 Å². The van der Waals surface area contributed by atoms with Gasteiger partial charge in [0.2, 0.25) is 0 Å². The highest BCUT2D eigenvalue weighted by Gasteiger charge is 2.54. The fourth-order valence-electron chi connectivity index (χ4n) is 5.98. The molecular weight excluding hydrogens is 604 g/mol. The minimum Gasteiger partial charge on any atom is -0.382 e. The number of rotatable bonds is 22. The second-order valence-electron chi connectivity index (χ2n) is 10.5. The van der Waals surface area contributed by atoms with Gasteiger partial charge in [0.25, 0.3) is 0 Å². The lowest BCUT2D eigenvalue weighted by Crippen LogP contribution is -2.66. The Kier molecular flexibility index (Phi) is 18.9. The van der Waals surface area contributed by atoms with Crippen LogP contribution in [0.15, 0.2) is 0 Å². The molecule has 0 spiro atoms. The molecule has 16 heteroatoms. The molecule has 0 saturated carbocycles. The van der Waals surface area contributed by atoms with Crippen molar-refractivity contribution in [2.45, 2.75) is 85.8 Å². The number of methoxy groups -OCH3 is 11. The van der Waals surface area contributed by atoms with Crippen LogP contribution in [-0.2, 0) is 75.8 Å². The number of hydrogen-bond acceptors (Lipinski definition) is 16. The van der Waals surface area contributed by atoms with E-state index in [0.29, 0.717) is 6.29 Å². The van der Waals surface area contributed by atoms with Crippen LogP contribution in [0.1, 0.15) is 0 Å². The predicted molar refractivity (Wildman–Crippen MR) is 155 cm³/mol. The van der Waals surface area contributed by atoms with E-state index in [0.717, 1.165) is 0 Å². The van der Waals surface area contributed by atoms with Crippen LogP contribution in [0.4, 0.5) is 0 Å². The molecule has 10 unspecified atom stereocenters. The van der Waals surface area contributed by atoms with Crippen LogP contribution >= 0.6 is 0 Å². The average molecular weight is 659 g/mol. The molecule has 0 aromatic carbocycles. The summed E-state index contributed by atoms with van der Waals surface area (Å²) in [6.45, 7) is 0.484. The monoisotopic (exact) mass is 658 g/mol. The second kappa shape index (κ2) is 21.1. The first-order valence-electron chi connectivity index (χ1n) is 14.6. The van der Waals surface area contributed by atoms with Crippen molar-refractivity contribution in [2.75, 3.05) is 98.0 Å². The molecule has 0 bridgehead atoms. The van der Waals surface area contributed by atoms with E-state index in [2.05, 4.69) is 0 Å². The third kappa shape index (κ3) is 9.81. The molecule has 2 saturated heterocycles. The molecule has 2 heterocycles. The summed E-state index contributed by atoms with van der Waals surface area (Å²) in [7, 11) is 16.7. The highest BCUT2D eigenvalue weighted by atomic mass is 16.8. The Labute approximate surface area is 266 Å². The number of aldehydes is 1. The van der Waals surface area contributed by atoms with Gasteiger partial charge in [0.05, 0.1) is 19.8 Å². The summed E-state index contributed by atoms with van der Waals surface area (Å²) >= 11 is 0. The van der Waals surface area contributed by atoms with Crippen molar-refractivity contribution in [2.24, 2.45) is 0 Å². The summed E-state index contributed by atoms with van der Waals surface area (Å²) in [4.78, 5) is 12.6. The van der Waals surface area contributed by atoms with Crippen LogP contribution in [0.3, 0.4) is 0 Å². The summed E-state index contributed by atoms with van der Waals surface area (Å²) in [6.07, 6.45) is -10.8. The normalized spacial score (nSPS) is 35.1. The zero-order valence-corrected chi connectivity index (χ0v) is 28.3. The highest BCUT2D eigenvalue weighted by molar-refractivity contribution is 5.57. The molecule has 45 heavy (non-hydrogen) atoms. The molecule has 0 aromatic heterocycles. The SMILES string of the molecule is COCC(OC)C(OC)C(OC)C(C=O)OC1OC(COC)C(OC)C(OC)C1OC1O[C@H](COC)[C@@H](OC)[C@H](OC)[C@@H]1OC. The molecule has 2 fully saturated rings. The van der Waals surface area contributed by atoms with Gasteiger partial charge in [-0.05, 0) is 0 Å². The Bertz CT molecular complexity index is 793. The van der Waals surface area contributed by atoms with E-state index in [1.807, 2.05) is 0 Å². The first-order valence-corrected chi connectivity index (χ1v) is 14.6. The lowest BCUT2D eigenvalue weighted by Gasteiger charge is -2.49. The van der Waals surface area contributed by atoms with Crippen LogP contribution in [-0.4, -0.2) is 190 Å². The van der Waals surface area contributed by atoms with Gasteiger partial charge < -0.3 is 75.8 Å². The maximum Gasteiger partial charge on any atom is 0.188 e. The molecular formula is C29H54O16. The second-order valence-corrected chi connectivity index (χ2v) is 10.5. The van der Waals surface area contributed by atoms with Crippen molar-refractivity contribution < 1.29 is 75.8 Å². The summed E-state index contributed by atoms with van der Waals surface area (Å²) in [5.74, 6) is 0. The molecule has 0 amide bonds. The van der Waals surface area contributed by atoms with E-state index in [-0.39, 0.29) is 19.8 Å². The van der Waals surface area contributed by atoms with Crippen LogP contribution in [0.25, 0.3) is 0 Å². The van der Waals surface area contributed by atoms with Gasteiger partial charge in [-0.1, -0.05) is 0 Å². The summed E-state index contributed by atoms with van der Waals surface area (Å²) < 4.78 is 87.7. The Morgan fingerprint density at radius 3 is 1.44 bits per heavy atom. The third-order valence-electron chi connectivity index (χ3n) is 8.11. The van der Waals surface area contributed by atoms with Crippen molar-refractivity contribution in [1.82, 2.24) is 0 Å². The maximum atomic E-state index is 12.6. The topological polar surface area (TPSA) is 156 Å². The molecule has 266 valence electrons. The zero-order chi connectivity index (χ0) is 33.5. The van der Waals surface area contributed by atoms with Crippen molar-refractivity contribution in [3.8, 4) is 0 Å². The largest absolute Gasteiger partial charge is 0.382 e. The van der Waals surface area contributed by atoms with Crippen molar-refractivity contribution in [3.05, 3.63) is 0 Å². The fourth-order valence-corrected chi connectivity index (χ4v) is 5.98. The summed E-state index contributed by atoms with van der Waals surface area (Å²) in [5, 5.41) is 0. The van der Waals surface area contributed by atoms with Crippen LogP contribution in [0.5, 0.6) is 0 Å². The van der Waals surface area contributed by atoms with Crippen LogP contribution in [0, 0.1) is 0 Å². The quantitative estimate of drug-likeness (QED) is 0.137. The van der Waals surface area contributed by atoms with Gasteiger partial charge in [0.1, 0.15) is 73.2 Å². The van der Waals surface area contributed by atoms with E-state index >= 15 is 0 Å². The molecule has 0 aliphatic carbocycles. The van der Waals surface area contributed by atoms with Gasteiger partial charge in [0, 0.05) is 78.2 Å². The van der Waals surface area contributed by atoms with Crippen molar-refractivity contribution in [3.63, 3.8) is 0 Å². The average Bonchev–Trinajstić information content (AvgIpc) is 3.05. The third-order valence-corrected chi connectivity index (χ3v) is 8.11. The van der Waals surface area contributed by atoms with E-state index < -0.39 is 85.8 Å². The van der Waals surface area contributed by atoms with Gasteiger partial charge >= 0.3 is 0 Å². The Morgan fingerprint density at radius 2 is 1.04 bits per heavy atom. The lowest BCUT2D eigenvalue weighted by atomic mass is 9.96. The molecule has 14 atom stereocenters. The van der Waals surface area contributed by atoms with Gasteiger partial charge in [0.15, 0.2) is 18.9 Å². The first kappa shape index (κ1) is 40.2. The van der Waals surface area contributed by atoms with Gasteiger partial charge in [-0.15, -0.1) is 0 Å². The Hall–Kier alpha value is -0.930. The predicted octanol–water partition coefficient (Wildman–Crippen LogP) is -0.535. The van der Waals surface area contributed by atoms with E-state index in [4.69, 9.17) is 71.1 Å². The summed E-state index contributed by atoms with van der Waals surface area (Å²) in [6, 6.07) is 0. The zero-order valence-electron chi connectivity index (χ0n) is 28.3. The smallest absolute Gasteiger partial charge is 0.188 e. The van der Waals surface area contributed by atoms with Crippen LogP contribution in [0.2, 0.25) is 0 Å². The molecule has 0 N–H and O–H groups in total. The standard InChI is InChI=1S/C29H54O16/c1-31-13-17(34-4)21(36-6)20(35-5)16(12-30)42-29-27(25(40-10)23(38-8)19(44-29)15-33-3)45-28-26(41-11)24(39-9)22(37-7)18(43-28)14-32-2/h12,16-29H,13-15H2,1-11H3/t16?,17?,18-,19?,20?,21?,22-,23?,24+,25?,26+,27?,28?,29?/m1/s1. The van der Waals surface area contributed by atoms with E-state index in [1.54, 1.807) is 21.3 Å². The number of ether oxygens (including phenoxy) is 15. The molecule has 2 rings (SSSR count). The minimum absolute atomic E-state index is 0.127. The molecule has 2 aliphatic heterocycles. The van der Waals surface area contributed by atoms with Gasteiger partial charge in [-0.25, -0.2) is 0 Å². The Balaban J connectivity index is 2.54. The van der Waals surface area contributed by atoms with Crippen molar-refractivity contribution in [1.29, 1.82) is 0 Å². The maximum absolute atomic E-state index is 12.6. The highest BCUT2D eigenvalue weighted by Crippen LogP contribution is 2.35. The Morgan fingerprint density at radius 1 is 0.556 bits per heavy atom. The number of carbonyl (C=O) groups is 1. The summed E-state index contributed by atoms with van der Waals surface area (Å²) in [5.41, 5.74) is 0. The van der Waals surface area contributed by atoms with E-state index in [1.165, 1.54) is 56.9 Å². The van der Waals surface area contributed by atoms with Gasteiger partial charge in [-0.2, -0.15) is 0 Å². The first-order chi connectivity index (χ1) is 21.8. The lowest BCUT2D eigenvalue weighted by molar-refractivity contribution is -0.379. The van der Waals surface area contributed by atoms with Crippen molar-refractivity contribution >= 4 is 6.29 Å². The minimum atomic E-state index is -1.22. The van der Waals surface area contributed by atoms with E-state index in [9.17, 15) is 4.79 Å². The molecule has 0 aromatic rings. The van der Waals surface area contributed by atoms with Gasteiger partial charge in [-0.3, -0.25) is 0 Å². The number of hydrogen-bond donors (Lipinski definition) is 0. The number of carbonyl (C=O) groups excluding carboxylic acids is 1. The molecule has 2 aliphatic rings.